The fourth-order valence-electron chi connectivity index (χ4n) is 3.78. The van der Waals surface area contributed by atoms with Crippen LogP contribution in [-0.4, -0.2) is 42.1 Å². The number of nitrogens with zero attached hydrogens (tertiary/aromatic N) is 1. The van der Waals surface area contributed by atoms with Gasteiger partial charge in [-0.2, -0.15) is 0 Å². The molecule has 2 fully saturated rings. The number of benzene rings is 1. The van der Waals surface area contributed by atoms with E-state index in [1.165, 1.54) is 0 Å². The predicted molar refractivity (Wildman–Crippen MR) is 95.1 cm³/mol. The zero-order valence-corrected chi connectivity index (χ0v) is 14.5. The minimum Gasteiger partial charge on any atom is -0.488 e. The summed E-state index contributed by atoms with van der Waals surface area (Å²) in [6.07, 6.45) is 5.09. The first kappa shape index (κ1) is 17.6. The van der Waals surface area contributed by atoms with Crippen molar-refractivity contribution >= 4 is 11.9 Å². The molecule has 2 atom stereocenters. The van der Waals surface area contributed by atoms with Gasteiger partial charge in [0.25, 0.3) is 0 Å². The lowest BCUT2D eigenvalue weighted by atomic mass is 9.93. The van der Waals surface area contributed by atoms with Crippen molar-refractivity contribution < 1.29 is 14.3 Å². The molecule has 0 radical (unpaired) electrons. The molecule has 1 heterocycles. The molecular weight excluding hydrogens is 318 g/mol. The molecule has 25 heavy (non-hydrogen) atoms. The molecule has 6 heteroatoms. The minimum atomic E-state index is -0.255. The average Bonchev–Trinajstić information content (AvgIpc) is 3.02. The van der Waals surface area contributed by atoms with E-state index in [-0.39, 0.29) is 24.1 Å². The van der Waals surface area contributed by atoms with Crippen LogP contribution in [0, 0.1) is 5.92 Å². The molecular formula is C19H27N3O3. The highest BCUT2D eigenvalue weighted by Crippen LogP contribution is 2.25. The van der Waals surface area contributed by atoms with Crippen molar-refractivity contribution in [1.82, 2.24) is 10.2 Å². The van der Waals surface area contributed by atoms with Crippen LogP contribution in [0.3, 0.4) is 0 Å². The summed E-state index contributed by atoms with van der Waals surface area (Å²) in [7, 11) is 0. The first-order chi connectivity index (χ1) is 12.1. The Labute approximate surface area is 148 Å². The van der Waals surface area contributed by atoms with Crippen LogP contribution in [0.1, 0.15) is 38.5 Å². The number of para-hydroxylation sites is 1. The zero-order valence-electron chi connectivity index (χ0n) is 14.5. The second-order valence-electron chi connectivity index (χ2n) is 7.06. The van der Waals surface area contributed by atoms with Crippen LogP contribution in [0.5, 0.6) is 5.75 Å². The number of ether oxygens (including phenoxy) is 1. The van der Waals surface area contributed by atoms with Gasteiger partial charge in [0, 0.05) is 19.5 Å². The van der Waals surface area contributed by atoms with Gasteiger partial charge in [-0.25, -0.2) is 4.79 Å². The summed E-state index contributed by atoms with van der Waals surface area (Å²) in [6, 6.07) is 9.79. The molecule has 0 bridgehead atoms. The monoisotopic (exact) mass is 345 g/mol. The van der Waals surface area contributed by atoms with E-state index in [2.05, 4.69) is 5.32 Å². The van der Waals surface area contributed by atoms with E-state index in [4.69, 9.17) is 10.5 Å². The number of carbonyl (C=O) groups excluding carboxylic acids is 2. The van der Waals surface area contributed by atoms with E-state index >= 15 is 0 Å². The number of urea groups is 1. The molecule has 3 rings (SSSR count). The van der Waals surface area contributed by atoms with Crippen LogP contribution in [0.2, 0.25) is 0 Å². The van der Waals surface area contributed by atoms with E-state index in [0.29, 0.717) is 25.4 Å². The third-order valence-corrected chi connectivity index (χ3v) is 5.18. The Hall–Kier alpha value is -2.24. The number of nitrogens with one attached hydrogen (secondary N) is 1. The average molecular weight is 345 g/mol. The summed E-state index contributed by atoms with van der Waals surface area (Å²) in [5.41, 5.74) is 5.26. The van der Waals surface area contributed by atoms with Crippen LogP contribution in [-0.2, 0) is 4.79 Å². The van der Waals surface area contributed by atoms with Crippen molar-refractivity contribution in [3.8, 4) is 5.75 Å². The molecule has 136 valence electrons. The number of amides is 3. The Balaban J connectivity index is 1.48. The van der Waals surface area contributed by atoms with Crippen LogP contribution in [0.4, 0.5) is 4.79 Å². The quantitative estimate of drug-likeness (QED) is 0.858. The topological polar surface area (TPSA) is 84.7 Å². The Morgan fingerprint density at radius 1 is 1.12 bits per heavy atom. The van der Waals surface area contributed by atoms with Crippen molar-refractivity contribution in [1.29, 1.82) is 0 Å². The summed E-state index contributed by atoms with van der Waals surface area (Å²) < 4.78 is 6.05. The summed E-state index contributed by atoms with van der Waals surface area (Å²) in [6.45, 7) is 1.36. The molecule has 3 amide bonds. The number of carbonyl (C=O) groups is 2. The van der Waals surface area contributed by atoms with Gasteiger partial charge in [-0.05, 0) is 50.2 Å². The number of primary amides is 1. The maximum absolute atomic E-state index is 12.5. The van der Waals surface area contributed by atoms with Gasteiger partial charge in [0.05, 0.1) is 6.04 Å². The fraction of sp³-hybridized carbons (Fsp3) is 0.579. The molecule has 1 aromatic rings. The minimum absolute atomic E-state index is 0.0221. The van der Waals surface area contributed by atoms with Crippen molar-refractivity contribution in [2.75, 3.05) is 13.1 Å². The summed E-state index contributed by atoms with van der Waals surface area (Å²) in [4.78, 5) is 25.4. The smallest absolute Gasteiger partial charge is 0.317 e. The van der Waals surface area contributed by atoms with Gasteiger partial charge in [-0.3, -0.25) is 4.79 Å². The highest BCUT2D eigenvalue weighted by Gasteiger charge is 2.32. The SMILES string of the molecule is NC(=O)CC1CCN(C(=O)N[C@@H]2CCC[C@@H]2Oc2ccccc2)CC1. The first-order valence-corrected chi connectivity index (χ1v) is 9.17. The normalized spacial score (nSPS) is 24.1. The summed E-state index contributed by atoms with van der Waals surface area (Å²) in [5.74, 6) is 0.901. The molecule has 6 nitrogen and oxygen atoms in total. The Bertz CT molecular complexity index is 585. The maximum Gasteiger partial charge on any atom is 0.317 e. The number of hydrogen-bond donors (Lipinski definition) is 2. The van der Waals surface area contributed by atoms with Crippen LogP contribution in [0.15, 0.2) is 30.3 Å². The Kier molecular flexibility index (Phi) is 5.79. The second-order valence-corrected chi connectivity index (χ2v) is 7.06. The second kappa shape index (κ2) is 8.23. The number of likely N-dealkylation sites (tertiary alicyclic amines) is 1. The highest BCUT2D eigenvalue weighted by atomic mass is 16.5. The molecule has 0 aromatic heterocycles. The van der Waals surface area contributed by atoms with Gasteiger partial charge in [0.15, 0.2) is 0 Å². The number of piperidine rings is 1. The van der Waals surface area contributed by atoms with E-state index in [1.54, 1.807) is 0 Å². The van der Waals surface area contributed by atoms with E-state index < -0.39 is 0 Å². The molecule has 1 aliphatic carbocycles. The van der Waals surface area contributed by atoms with E-state index in [9.17, 15) is 9.59 Å². The molecule has 1 saturated carbocycles. The van der Waals surface area contributed by atoms with Crippen molar-refractivity contribution in [3.05, 3.63) is 30.3 Å². The van der Waals surface area contributed by atoms with Crippen LogP contribution >= 0.6 is 0 Å². The number of nitrogens with two attached hydrogens (primary N) is 1. The van der Waals surface area contributed by atoms with Crippen molar-refractivity contribution in [2.24, 2.45) is 11.7 Å². The Morgan fingerprint density at radius 3 is 2.52 bits per heavy atom. The molecule has 0 spiro atoms. The Morgan fingerprint density at radius 2 is 1.84 bits per heavy atom. The molecule has 1 aromatic carbocycles. The molecule has 0 unspecified atom stereocenters. The number of hydrogen-bond acceptors (Lipinski definition) is 3. The third-order valence-electron chi connectivity index (χ3n) is 5.18. The maximum atomic E-state index is 12.5. The largest absolute Gasteiger partial charge is 0.488 e. The molecule has 2 aliphatic rings. The van der Waals surface area contributed by atoms with E-state index in [1.807, 2.05) is 35.2 Å². The van der Waals surface area contributed by atoms with Crippen molar-refractivity contribution in [2.45, 2.75) is 50.7 Å². The molecule has 1 saturated heterocycles. The van der Waals surface area contributed by atoms with Gasteiger partial charge in [-0.15, -0.1) is 0 Å². The lowest BCUT2D eigenvalue weighted by Crippen LogP contribution is -2.50. The van der Waals surface area contributed by atoms with Gasteiger partial charge < -0.3 is 20.7 Å². The molecule has 1 aliphatic heterocycles. The summed E-state index contributed by atoms with van der Waals surface area (Å²) >= 11 is 0. The zero-order chi connectivity index (χ0) is 17.6. The van der Waals surface area contributed by atoms with Gasteiger partial charge in [-0.1, -0.05) is 18.2 Å². The first-order valence-electron chi connectivity index (χ1n) is 9.17. The van der Waals surface area contributed by atoms with E-state index in [0.717, 1.165) is 37.9 Å². The lowest BCUT2D eigenvalue weighted by Gasteiger charge is -2.33. The van der Waals surface area contributed by atoms with Crippen LogP contribution in [0.25, 0.3) is 0 Å². The van der Waals surface area contributed by atoms with Crippen molar-refractivity contribution in [3.63, 3.8) is 0 Å². The highest BCUT2D eigenvalue weighted by molar-refractivity contribution is 5.75. The summed E-state index contributed by atoms with van der Waals surface area (Å²) in [5, 5.41) is 3.14. The third kappa shape index (κ3) is 4.87. The number of rotatable bonds is 5. The standard InChI is InChI=1S/C19H27N3O3/c20-18(23)13-14-9-11-22(12-10-14)19(24)21-16-7-4-8-17(16)25-15-5-2-1-3-6-15/h1-3,5-6,14,16-17H,4,7-13H2,(H2,20,23)(H,21,24)/t16-,17+/m1/s1. The van der Waals surface area contributed by atoms with Crippen LogP contribution < -0.4 is 15.8 Å². The fourth-order valence-corrected chi connectivity index (χ4v) is 3.78. The predicted octanol–water partition coefficient (Wildman–Crippen LogP) is 2.28. The van der Waals surface area contributed by atoms with Gasteiger partial charge in [0.2, 0.25) is 5.91 Å². The lowest BCUT2D eigenvalue weighted by molar-refractivity contribution is -0.119. The van der Waals surface area contributed by atoms with Gasteiger partial charge >= 0.3 is 6.03 Å². The molecule has 3 N–H and O–H groups in total. The van der Waals surface area contributed by atoms with Gasteiger partial charge in [0.1, 0.15) is 11.9 Å².